The van der Waals surface area contributed by atoms with Crippen molar-refractivity contribution in [2.75, 3.05) is 0 Å². The summed E-state index contributed by atoms with van der Waals surface area (Å²) < 4.78 is 29.8. The van der Waals surface area contributed by atoms with Crippen LogP contribution in [-0.2, 0) is 6.42 Å². The lowest BCUT2D eigenvalue weighted by molar-refractivity contribution is 0.0160. The molecule has 0 N–H and O–H groups in total. The maximum atomic E-state index is 12.5. The lowest BCUT2D eigenvalue weighted by Crippen LogP contribution is -2.13. The molecule has 0 aromatic carbocycles. The van der Waals surface area contributed by atoms with Crippen molar-refractivity contribution in [2.45, 2.75) is 31.6 Å². The van der Waals surface area contributed by atoms with Crippen LogP contribution in [0.5, 0.6) is 0 Å². The van der Waals surface area contributed by atoms with Crippen molar-refractivity contribution in [1.82, 2.24) is 10.2 Å². The van der Waals surface area contributed by atoms with Gasteiger partial charge in [-0.3, -0.25) is 0 Å². The van der Waals surface area contributed by atoms with Crippen LogP contribution < -0.4 is 0 Å². The zero-order valence-corrected chi connectivity index (χ0v) is 7.98. The van der Waals surface area contributed by atoms with Crippen LogP contribution in [0.2, 0.25) is 0 Å². The van der Waals surface area contributed by atoms with Gasteiger partial charge in [0.25, 0.3) is 5.92 Å². The quantitative estimate of drug-likeness (QED) is 0.720. The van der Waals surface area contributed by atoms with E-state index in [-0.39, 0.29) is 11.8 Å². The average Bonchev–Trinajstić information content (AvgIpc) is 2.31. The van der Waals surface area contributed by atoms with Gasteiger partial charge < -0.3 is 4.42 Å². The normalized spacial score (nSPS) is 14.5. The topological polar surface area (TPSA) is 38.9 Å². The molecule has 74 valence electrons. The Bertz CT molecular complexity index is 282. The van der Waals surface area contributed by atoms with Gasteiger partial charge in [0.05, 0.1) is 6.42 Å². The molecule has 0 aliphatic heterocycles. The van der Waals surface area contributed by atoms with Gasteiger partial charge in [-0.2, -0.15) is 0 Å². The van der Waals surface area contributed by atoms with Crippen molar-refractivity contribution < 1.29 is 13.2 Å². The first kappa shape index (κ1) is 10.4. The summed E-state index contributed by atoms with van der Waals surface area (Å²) in [7, 11) is 0. The van der Waals surface area contributed by atoms with Gasteiger partial charge in [-0.05, 0) is 13.8 Å². The maximum Gasteiger partial charge on any atom is 0.254 e. The number of hydrogen-bond donors (Lipinski definition) is 0. The van der Waals surface area contributed by atoms with Crippen LogP contribution in [0.1, 0.15) is 31.0 Å². The molecule has 6 heteroatoms. The smallest absolute Gasteiger partial charge is 0.254 e. The van der Waals surface area contributed by atoms with Gasteiger partial charge in [-0.15, -0.1) is 21.8 Å². The van der Waals surface area contributed by atoms with E-state index in [1.807, 2.05) is 0 Å². The molecule has 1 aromatic rings. The van der Waals surface area contributed by atoms with E-state index >= 15 is 0 Å². The van der Waals surface area contributed by atoms with E-state index in [1.54, 1.807) is 6.92 Å². The predicted octanol–water partition coefficient (Wildman–Crippen LogP) is 2.57. The van der Waals surface area contributed by atoms with Crippen LogP contribution in [0.3, 0.4) is 0 Å². The summed E-state index contributed by atoms with van der Waals surface area (Å²) in [5, 5.41) is 6.51. The lowest BCUT2D eigenvalue weighted by atomic mass is 10.3. The first-order chi connectivity index (χ1) is 5.88. The molecule has 0 aliphatic carbocycles. The number of nitrogens with zero attached hydrogens (tertiary/aromatic N) is 2. The van der Waals surface area contributed by atoms with Crippen LogP contribution >= 0.6 is 11.6 Å². The Balaban J connectivity index is 2.70. The number of alkyl halides is 3. The second kappa shape index (κ2) is 3.57. The van der Waals surface area contributed by atoms with E-state index in [0.717, 1.165) is 6.92 Å². The maximum absolute atomic E-state index is 12.5. The van der Waals surface area contributed by atoms with Gasteiger partial charge in [0, 0.05) is 0 Å². The molecule has 0 amide bonds. The van der Waals surface area contributed by atoms with Crippen LogP contribution in [0.25, 0.3) is 0 Å². The highest BCUT2D eigenvalue weighted by Crippen LogP contribution is 2.21. The van der Waals surface area contributed by atoms with Gasteiger partial charge in [0.2, 0.25) is 11.8 Å². The molecule has 1 aromatic heterocycles. The van der Waals surface area contributed by atoms with Crippen molar-refractivity contribution in [1.29, 1.82) is 0 Å². The Morgan fingerprint density at radius 1 is 1.54 bits per heavy atom. The summed E-state index contributed by atoms with van der Waals surface area (Å²) in [6, 6.07) is 0. The van der Waals surface area contributed by atoms with Gasteiger partial charge in [0.15, 0.2) is 0 Å². The van der Waals surface area contributed by atoms with E-state index < -0.39 is 17.7 Å². The summed E-state index contributed by atoms with van der Waals surface area (Å²) in [5.74, 6) is -2.75. The van der Waals surface area contributed by atoms with E-state index in [2.05, 4.69) is 10.2 Å². The molecule has 0 fully saturated rings. The Morgan fingerprint density at radius 3 is 2.54 bits per heavy atom. The van der Waals surface area contributed by atoms with E-state index in [1.165, 1.54) is 0 Å². The van der Waals surface area contributed by atoms with Crippen molar-refractivity contribution in [3.63, 3.8) is 0 Å². The number of aromatic nitrogens is 2. The van der Waals surface area contributed by atoms with E-state index in [4.69, 9.17) is 16.0 Å². The summed E-state index contributed by atoms with van der Waals surface area (Å²) >= 11 is 5.60. The summed E-state index contributed by atoms with van der Waals surface area (Å²) in [6.07, 6.45) is -0.552. The molecule has 0 bridgehead atoms. The third-order valence-corrected chi connectivity index (χ3v) is 1.47. The molecule has 1 heterocycles. The second-order valence-electron chi connectivity index (χ2n) is 2.90. The first-order valence-corrected chi connectivity index (χ1v) is 4.16. The molecule has 0 aliphatic rings. The Morgan fingerprint density at radius 2 is 2.15 bits per heavy atom. The minimum absolute atomic E-state index is 0.0880. The molecular weight excluding hydrogens is 202 g/mol. The third kappa shape index (κ3) is 3.26. The SMILES string of the molecule is CC(Cl)c1nnc(CC(C)(F)F)o1. The molecule has 0 saturated heterocycles. The zero-order valence-electron chi connectivity index (χ0n) is 7.22. The van der Waals surface area contributed by atoms with Crippen molar-refractivity contribution in [3.8, 4) is 0 Å². The molecule has 0 saturated carbocycles. The Hall–Kier alpha value is -0.710. The van der Waals surface area contributed by atoms with E-state index in [0.29, 0.717) is 0 Å². The molecule has 0 spiro atoms. The van der Waals surface area contributed by atoms with Crippen molar-refractivity contribution >= 4 is 11.6 Å². The number of rotatable bonds is 3. The fourth-order valence-corrected chi connectivity index (χ4v) is 0.853. The predicted molar refractivity (Wildman–Crippen MR) is 42.9 cm³/mol. The van der Waals surface area contributed by atoms with Crippen molar-refractivity contribution in [3.05, 3.63) is 11.8 Å². The highest BCUT2D eigenvalue weighted by atomic mass is 35.5. The zero-order chi connectivity index (χ0) is 10.1. The van der Waals surface area contributed by atoms with Gasteiger partial charge >= 0.3 is 0 Å². The Labute approximate surface area is 79.1 Å². The standard InChI is InChI=1S/C7H9ClF2N2O/c1-4(8)6-12-11-5(13-6)3-7(2,9)10/h4H,3H2,1-2H3. The minimum Gasteiger partial charge on any atom is -0.423 e. The highest BCUT2D eigenvalue weighted by molar-refractivity contribution is 6.20. The highest BCUT2D eigenvalue weighted by Gasteiger charge is 2.25. The van der Waals surface area contributed by atoms with Crippen LogP contribution in [0.15, 0.2) is 4.42 Å². The minimum atomic E-state index is -2.83. The Kier molecular flexibility index (Phi) is 2.85. The monoisotopic (exact) mass is 210 g/mol. The molecule has 1 atom stereocenters. The fourth-order valence-electron chi connectivity index (χ4n) is 0.764. The number of hydrogen-bond acceptors (Lipinski definition) is 3. The summed E-state index contributed by atoms with van der Waals surface area (Å²) in [4.78, 5) is 0. The van der Waals surface area contributed by atoms with Crippen molar-refractivity contribution in [2.24, 2.45) is 0 Å². The first-order valence-electron chi connectivity index (χ1n) is 3.72. The molecule has 3 nitrogen and oxygen atoms in total. The van der Waals surface area contributed by atoms with E-state index in [9.17, 15) is 8.78 Å². The van der Waals surface area contributed by atoms with Gasteiger partial charge in [-0.1, -0.05) is 0 Å². The van der Waals surface area contributed by atoms with Gasteiger partial charge in [-0.25, -0.2) is 8.78 Å². The third-order valence-electron chi connectivity index (χ3n) is 1.28. The average molecular weight is 211 g/mol. The summed E-state index contributed by atoms with van der Waals surface area (Å²) in [5.41, 5.74) is 0. The summed E-state index contributed by atoms with van der Waals surface area (Å²) in [6.45, 7) is 2.42. The molecule has 0 radical (unpaired) electrons. The van der Waals surface area contributed by atoms with Crippen LogP contribution in [-0.4, -0.2) is 16.1 Å². The molecule has 13 heavy (non-hydrogen) atoms. The molecule has 1 rings (SSSR count). The largest absolute Gasteiger partial charge is 0.423 e. The molecule has 1 unspecified atom stereocenters. The lowest BCUT2D eigenvalue weighted by Gasteiger charge is -2.04. The van der Waals surface area contributed by atoms with Crippen LogP contribution in [0.4, 0.5) is 8.78 Å². The second-order valence-corrected chi connectivity index (χ2v) is 3.55. The number of halogens is 3. The molecular formula is C7H9ClF2N2O. The fraction of sp³-hybridized carbons (Fsp3) is 0.714. The van der Waals surface area contributed by atoms with Crippen LogP contribution in [0, 0.1) is 0 Å². The van der Waals surface area contributed by atoms with Gasteiger partial charge in [0.1, 0.15) is 5.38 Å².